The molecule has 5 aromatic rings. The molecule has 0 saturated heterocycles. The van der Waals surface area contributed by atoms with Gasteiger partial charge in [0.15, 0.2) is 5.78 Å². The van der Waals surface area contributed by atoms with Gasteiger partial charge >= 0.3 is 0 Å². The normalized spacial score (nSPS) is 17.4. The summed E-state index contributed by atoms with van der Waals surface area (Å²) >= 11 is 3.27. The van der Waals surface area contributed by atoms with E-state index in [9.17, 15) is 9.59 Å². The number of hydrogen-bond acceptors (Lipinski definition) is 7. The first kappa shape index (κ1) is 28.1. The van der Waals surface area contributed by atoms with Crippen molar-refractivity contribution in [1.29, 1.82) is 0 Å². The van der Waals surface area contributed by atoms with Crippen LogP contribution >= 0.6 is 22.7 Å². The molecule has 0 aliphatic heterocycles. The molecule has 3 N–H and O–H groups in total. The largest absolute Gasteiger partial charge is 0.346 e. The fourth-order valence-electron chi connectivity index (χ4n) is 5.20. The van der Waals surface area contributed by atoms with E-state index >= 15 is 0 Å². The molecule has 4 heterocycles. The van der Waals surface area contributed by atoms with Crippen LogP contribution in [0.2, 0.25) is 0 Å². The number of thiophene rings is 2. The van der Waals surface area contributed by atoms with Gasteiger partial charge in [0.2, 0.25) is 5.91 Å². The lowest BCUT2D eigenvalue weighted by molar-refractivity contribution is -0.129. The van der Waals surface area contributed by atoms with Crippen LogP contribution in [0.3, 0.4) is 0 Å². The van der Waals surface area contributed by atoms with Crippen LogP contribution in [0.25, 0.3) is 20.4 Å². The molecule has 1 amide bonds. The number of fused-ring (bicyclic) bond motifs is 2. The number of carbonyl (C=O) groups is 2. The highest BCUT2D eigenvalue weighted by Gasteiger charge is 2.31. The predicted molar refractivity (Wildman–Crippen MR) is 165 cm³/mol. The molecule has 8 heteroatoms. The van der Waals surface area contributed by atoms with Crippen molar-refractivity contribution in [2.45, 2.75) is 57.5 Å². The summed E-state index contributed by atoms with van der Waals surface area (Å²) in [7, 11) is 0. The second-order valence-corrected chi connectivity index (χ2v) is 12.1. The number of carbonyl (C=O) groups excluding carboxylic acids is 2. The van der Waals surface area contributed by atoms with Gasteiger partial charge in [-0.2, -0.15) is 0 Å². The van der Waals surface area contributed by atoms with E-state index in [4.69, 9.17) is 5.73 Å². The molecule has 0 bridgehead atoms. The second-order valence-electron chi connectivity index (χ2n) is 10.3. The van der Waals surface area contributed by atoms with E-state index in [1.807, 2.05) is 35.3 Å². The molecule has 0 radical (unpaired) electrons. The lowest BCUT2D eigenvalue weighted by Gasteiger charge is -2.17. The van der Waals surface area contributed by atoms with Gasteiger partial charge in [0.05, 0.1) is 6.04 Å². The molecule has 4 aromatic heterocycles. The summed E-state index contributed by atoms with van der Waals surface area (Å²) in [6.45, 7) is 2.36. The highest BCUT2D eigenvalue weighted by molar-refractivity contribution is 7.17. The van der Waals surface area contributed by atoms with E-state index in [0.717, 1.165) is 45.4 Å². The molecule has 1 aliphatic carbocycles. The molecule has 1 aliphatic rings. The first-order valence-corrected chi connectivity index (χ1v) is 15.5. The van der Waals surface area contributed by atoms with Crippen LogP contribution in [0.5, 0.6) is 0 Å². The Hall–Kier alpha value is -3.46. The molecule has 1 aromatic carbocycles. The van der Waals surface area contributed by atoms with Crippen LogP contribution in [0, 0.1) is 5.92 Å². The maximum Gasteiger partial charge on any atom is 0.223 e. The molecule has 0 spiro atoms. The van der Waals surface area contributed by atoms with Crippen LogP contribution in [-0.4, -0.2) is 27.7 Å². The molecule has 0 unspecified atom stereocenters. The quantitative estimate of drug-likeness (QED) is 0.218. The van der Waals surface area contributed by atoms with Crippen molar-refractivity contribution in [3.05, 3.63) is 94.4 Å². The summed E-state index contributed by atoms with van der Waals surface area (Å²) in [6.07, 6.45) is 7.52. The number of benzene rings is 1. The van der Waals surface area contributed by atoms with Crippen molar-refractivity contribution in [2.24, 2.45) is 11.7 Å². The van der Waals surface area contributed by atoms with Gasteiger partial charge in [-0.05, 0) is 90.2 Å². The van der Waals surface area contributed by atoms with E-state index in [0.29, 0.717) is 25.3 Å². The van der Waals surface area contributed by atoms with E-state index in [-0.39, 0.29) is 17.6 Å². The molecule has 6 rings (SSSR count). The predicted octanol–water partition coefficient (Wildman–Crippen LogP) is 6.64. The van der Waals surface area contributed by atoms with Gasteiger partial charge in [0.1, 0.15) is 9.66 Å². The molecular formula is C32H34N4O2S2. The Morgan fingerprint density at radius 1 is 0.950 bits per heavy atom. The Balaban J connectivity index is 0.000000244. The third kappa shape index (κ3) is 6.99. The molecule has 1 saturated carbocycles. The van der Waals surface area contributed by atoms with Crippen LogP contribution < -0.4 is 11.1 Å². The summed E-state index contributed by atoms with van der Waals surface area (Å²) in [5, 5.41) is 9.33. The minimum Gasteiger partial charge on any atom is -0.346 e. The number of aromatic nitrogens is 2. The van der Waals surface area contributed by atoms with Gasteiger partial charge in [-0.3, -0.25) is 9.59 Å². The molecule has 40 heavy (non-hydrogen) atoms. The minimum absolute atomic E-state index is 0.000606. The van der Waals surface area contributed by atoms with E-state index < -0.39 is 6.04 Å². The highest BCUT2D eigenvalue weighted by atomic mass is 32.1. The zero-order chi connectivity index (χ0) is 27.9. The van der Waals surface area contributed by atoms with Crippen molar-refractivity contribution < 1.29 is 9.59 Å². The first-order valence-electron chi connectivity index (χ1n) is 13.7. The fraction of sp³-hybridized carbons (Fsp3) is 0.312. The van der Waals surface area contributed by atoms with Gasteiger partial charge in [-0.25, -0.2) is 9.97 Å². The number of rotatable bonds is 8. The summed E-state index contributed by atoms with van der Waals surface area (Å²) in [4.78, 5) is 36.0. The van der Waals surface area contributed by atoms with E-state index in [1.54, 1.807) is 29.6 Å². The maximum absolute atomic E-state index is 12.7. The number of pyridine rings is 2. The third-order valence-electron chi connectivity index (χ3n) is 7.54. The average Bonchev–Trinajstić information content (AvgIpc) is 3.77. The van der Waals surface area contributed by atoms with Crippen LogP contribution in [0.15, 0.2) is 77.8 Å². The van der Waals surface area contributed by atoms with Gasteiger partial charge in [-0.15, -0.1) is 22.7 Å². The third-order valence-corrected chi connectivity index (χ3v) is 9.21. The number of nitrogens with one attached hydrogen (secondary N) is 1. The Bertz CT molecular complexity index is 1580. The molecule has 1 fully saturated rings. The standard InChI is InChI=1S/C24H26N2O2S.C8H8N2S/c1-16(22(27)10-7-17-13-21-11-12-29-24(21)25-15-17)26-23(28)20-9-8-19(14-20)18-5-3-2-4-6-18;9-4-6-3-7-1-2-11-8(7)10-5-6/h2-6,11-13,15-16,19-20H,7-10,14H2,1H3,(H,26,28);1-3,5H,4,9H2/t16-,19+,20+;/m0./s1. The van der Waals surface area contributed by atoms with Gasteiger partial charge in [0, 0.05) is 42.0 Å². The number of Topliss-reactive ketones (excluding diaryl/α,β-unsaturated/α-hetero) is 1. The monoisotopic (exact) mass is 570 g/mol. The van der Waals surface area contributed by atoms with Gasteiger partial charge in [0.25, 0.3) is 0 Å². The maximum atomic E-state index is 12.7. The summed E-state index contributed by atoms with van der Waals surface area (Å²) in [6, 6.07) is 18.2. The summed E-state index contributed by atoms with van der Waals surface area (Å²) in [5.74, 6) is 0.533. The lowest BCUT2D eigenvalue weighted by atomic mass is 9.96. The van der Waals surface area contributed by atoms with Crippen molar-refractivity contribution in [2.75, 3.05) is 0 Å². The average molecular weight is 571 g/mol. The molecular weight excluding hydrogens is 537 g/mol. The smallest absolute Gasteiger partial charge is 0.223 e. The van der Waals surface area contributed by atoms with Crippen molar-refractivity contribution in [3.8, 4) is 0 Å². The van der Waals surface area contributed by atoms with Crippen molar-refractivity contribution in [3.63, 3.8) is 0 Å². The van der Waals surface area contributed by atoms with Crippen LogP contribution in [0.1, 0.15) is 55.2 Å². The number of hydrogen-bond donors (Lipinski definition) is 2. The van der Waals surface area contributed by atoms with Crippen LogP contribution in [-0.2, 0) is 22.6 Å². The zero-order valence-corrected chi connectivity index (χ0v) is 24.2. The van der Waals surface area contributed by atoms with Crippen molar-refractivity contribution in [1.82, 2.24) is 15.3 Å². The number of amides is 1. The lowest BCUT2D eigenvalue weighted by Crippen LogP contribution is -2.41. The van der Waals surface area contributed by atoms with Gasteiger partial charge in [-0.1, -0.05) is 30.3 Å². The summed E-state index contributed by atoms with van der Waals surface area (Å²) in [5.41, 5.74) is 8.93. The van der Waals surface area contributed by atoms with E-state index in [2.05, 4.69) is 57.7 Å². The summed E-state index contributed by atoms with van der Waals surface area (Å²) < 4.78 is 0. The van der Waals surface area contributed by atoms with Gasteiger partial charge < -0.3 is 11.1 Å². The minimum atomic E-state index is -0.448. The number of nitrogens with zero attached hydrogens (tertiary/aromatic N) is 2. The molecule has 206 valence electrons. The fourth-order valence-corrected chi connectivity index (χ4v) is 6.64. The Labute approximate surface area is 242 Å². The Kier molecular flexibility index (Phi) is 9.31. The van der Waals surface area contributed by atoms with E-state index in [1.165, 1.54) is 10.9 Å². The molecule has 6 nitrogen and oxygen atoms in total. The first-order chi connectivity index (χ1) is 19.5. The molecule has 3 atom stereocenters. The highest BCUT2D eigenvalue weighted by Crippen LogP contribution is 2.38. The number of nitrogens with two attached hydrogens (primary N) is 1. The van der Waals surface area contributed by atoms with Crippen LogP contribution in [0.4, 0.5) is 0 Å². The zero-order valence-electron chi connectivity index (χ0n) is 22.6. The van der Waals surface area contributed by atoms with Crippen molar-refractivity contribution >= 4 is 54.8 Å². The number of aryl methyl sites for hydroxylation is 1. The second kappa shape index (κ2) is 13.3. The Morgan fingerprint density at radius 3 is 2.27 bits per heavy atom. The topological polar surface area (TPSA) is 98.0 Å². The number of ketones is 1. The Morgan fingerprint density at radius 2 is 1.60 bits per heavy atom. The SMILES string of the molecule is C[C@H](NC(=O)[C@@H]1CC[C@@H](c2ccccc2)C1)C(=O)CCc1cnc2sccc2c1.NCc1cnc2sccc2c1.